The molecule has 0 amide bonds. The van der Waals surface area contributed by atoms with Crippen LogP contribution in [0, 0.1) is 0 Å². The number of nitrogens with zero attached hydrogens (tertiary/aromatic N) is 2. The van der Waals surface area contributed by atoms with Gasteiger partial charge in [-0.3, -0.25) is 9.80 Å². The summed E-state index contributed by atoms with van der Waals surface area (Å²) in [6.45, 7) is 3.99. The molecule has 0 aliphatic carbocycles. The number of likely N-dealkylation sites (tertiary alicyclic amines) is 1. The minimum Gasteiger partial charge on any atom is -0.478 e. The van der Waals surface area contributed by atoms with Gasteiger partial charge in [0.15, 0.2) is 0 Å². The molecule has 1 fully saturated rings. The van der Waals surface area contributed by atoms with Crippen LogP contribution in [0.1, 0.15) is 57.4 Å². The van der Waals surface area contributed by atoms with Crippen molar-refractivity contribution in [3.05, 3.63) is 106 Å². The molecular weight excluding hydrogens is 572 g/mol. The molecule has 0 unspecified atom stereocenters. The monoisotopic (exact) mass is 607 g/mol. The third-order valence-corrected chi connectivity index (χ3v) is 7.58. The fraction of sp³-hybridized carbons (Fsp3) is 0.406. The Kier molecular flexibility index (Phi) is 10.9. The number of hydrogen-bond acceptors (Lipinski definition) is 4. The summed E-state index contributed by atoms with van der Waals surface area (Å²) in [7, 11) is 0. The molecule has 0 aromatic heterocycles. The van der Waals surface area contributed by atoms with Crippen LogP contribution >= 0.6 is 0 Å². The predicted molar refractivity (Wildman–Crippen MR) is 151 cm³/mol. The maximum Gasteiger partial charge on any atom is 0.416 e. The first kappa shape index (κ1) is 32.5. The molecule has 43 heavy (non-hydrogen) atoms. The fourth-order valence-electron chi connectivity index (χ4n) is 5.34. The van der Waals surface area contributed by atoms with Crippen molar-refractivity contribution in [2.24, 2.45) is 0 Å². The lowest BCUT2D eigenvalue weighted by atomic mass is 10.0. The lowest BCUT2D eigenvalue weighted by molar-refractivity contribution is -0.143. The average Bonchev–Trinajstić information content (AvgIpc) is 2.96. The molecule has 0 saturated carbocycles. The third-order valence-electron chi connectivity index (χ3n) is 7.58. The fourth-order valence-corrected chi connectivity index (χ4v) is 5.34. The molecule has 0 spiro atoms. The molecule has 232 valence electrons. The van der Waals surface area contributed by atoms with E-state index in [-0.39, 0.29) is 30.3 Å². The van der Waals surface area contributed by atoms with Gasteiger partial charge < -0.3 is 10.4 Å². The van der Waals surface area contributed by atoms with E-state index in [0.717, 1.165) is 44.6 Å². The molecule has 0 atom stereocenters. The molecule has 1 aliphatic rings. The van der Waals surface area contributed by atoms with Gasteiger partial charge in [0.25, 0.3) is 0 Å². The Balaban J connectivity index is 1.38. The second-order valence-corrected chi connectivity index (χ2v) is 11.0. The molecule has 0 bridgehead atoms. The van der Waals surface area contributed by atoms with Crippen LogP contribution in [0.25, 0.3) is 0 Å². The number of hydrogen-bond donors (Lipinski definition) is 2. The minimum atomic E-state index is -4.92. The molecule has 1 heterocycles. The summed E-state index contributed by atoms with van der Waals surface area (Å²) in [5.74, 6) is -1.09. The van der Waals surface area contributed by atoms with E-state index in [0.29, 0.717) is 31.1 Å². The molecule has 4 rings (SSSR count). The van der Waals surface area contributed by atoms with Crippen molar-refractivity contribution in [3.63, 3.8) is 0 Å². The zero-order valence-electron chi connectivity index (χ0n) is 23.6. The first-order valence-corrected chi connectivity index (χ1v) is 14.2. The highest BCUT2D eigenvalue weighted by atomic mass is 19.4. The number of rotatable bonds is 12. The van der Waals surface area contributed by atoms with Gasteiger partial charge in [-0.25, -0.2) is 4.79 Å². The van der Waals surface area contributed by atoms with Crippen molar-refractivity contribution in [2.75, 3.05) is 26.2 Å². The van der Waals surface area contributed by atoms with Crippen LogP contribution < -0.4 is 5.32 Å². The Bertz CT molecular complexity index is 1290. The van der Waals surface area contributed by atoms with Gasteiger partial charge in [-0.05, 0) is 85.9 Å². The summed E-state index contributed by atoms with van der Waals surface area (Å²) in [4.78, 5) is 15.4. The van der Waals surface area contributed by atoms with E-state index in [1.165, 1.54) is 17.7 Å². The first-order valence-electron chi connectivity index (χ1n) is 14.2. The van der Waals surface area contributed by atoms with Crippen LogP contribution in [-0.2, 0) is 32.0 Å². The van der Waals surface area contributed by atoms with E-state index in [1.807, 2.05) is 18.2 Å². The largest absolute Gasteiger partial charge is 0.478 e. The number of carboxylic acids is 1. The van der Waals surface area contributed by atoms with E-state index in [4.69, 9.17) is 5.11 Å². The topological polar surface area (TPSA) is 55.8 Å². The summed E-state index contributed by atoms with van der Waals surface area (Å²) < 4.78 is 80.7. The molecule has 11 heteroatoms. The second-order valence-electron chi connectivity index (χ2n) is 11.0. The van der Waals surface area contributed by atoms with Gasteiger partial charge in [-0.1, -0.05) is 42.5 Å². The van der Waals surface area contributed by atoms with Crippen molar-refractivity contribution >= 4 is 5.97 Å². The van der Waals surface area contributed by atoms with Crippen LogP contribution in [0.3, 0.4) is 0 Å². The van der Waals surface area contributed by atoms with E-state index in [1.54, 1.807) is 17.0 Å². The first-order chi connectivity index (χ1) is 20.4. The van der Waals surface area contributed by atoms with Crippen LogP contribution in [0.5, 0.6) is 0 Å². The summed E-state index contributed by atoms with van der Waals surface area (Å²) in [6.07, 6.45) is -7.25. The van der Waals surface area contributed by atoms with E-state index in [9.17, 15) is 31.1 Å². The molecule has 3 aromatic rings. The molecule has 1 aliphatic heterocycles. The van der Waals surface area contributed by atoms with Crippen molar-refractivity contribution in [1.29, 1.82) is 0 Å². The summed E-state index contributed by atoms with van der Waals surface area (Å²) >= 11 is 0. The Morgan fingerprint density at radius 1 is 0.814 bits per heavy atom. The van der Waals surface area contributed by atoms with Gasteiger partial charge in [0.05, 0.1) is 16.7 Å². The Morgan fingerprint density at radius 2 is 1.40 bits per heavy atom. The smallest absolute Gasteiger partial charge is 0.416 e. The molecule has 1 saturated heterocycles. The Hall–Kier alpha value is -3.41. The zero-order chi connectivity index (χ0) is 31.0. The maximum atomic E-state index is 13.4. The highest BCUT2D eigenvalue weighted by Crippen LogP contribution is 2.36. The molecule has 3 aromatic carbocycles. The SMILES string of the molecule is O=C(O)c1ccc(CN(CCCNC2CCN(Cc3ccccc3)CC2)Cc2cc(C(F)(F)F)cc(C(F)(F)F)c2)cc1. The number of alkyl halides is 6. The van der Waals surface area contributed by atoms with Crippen LogP contribution in [0.15, 0.2) is 72.8 Å². The minimum absolute atomic E-state index is 0.0852. The quantitative estimate of drug-likeness (QED) is 0.171. The zero-order valence-corrected chi connectivity index (χ0v) is 23.6. The highest BCUT2D eigenvalue weighted by molar-refractivity contribution is 5.87. The predicted octanol–water partition coefficient (Wildman–Crippen LogP) is 7.07. The number of piperidine rings is 1. The number of carbonyl (C=O) groups is 1. The average molecular weight is 608 g/mol. The normalized spacial score (nSPS) is 15.2. The van der Waals surface area contributed by atoms with Gasteiger partial charge >= 0.3 is 18.3 Å². The van der Waals surface area contributed by atoms with Crippen molar-refractivity contribution in [2.45, 2.75) is 57.3 Å². The maximum absolute atomic E-state index is 13.4. The summed E-state index contributed by atoms with van der Waals surface area (Å²) in [6, 6.07) is 18.3. The van der Waals surface area contributed by atoms with Crippen molar-refractivity contribution < 1.29 is 36.2 Å². The van der Waals surface area contributed by atoms with E-state index in [2.05, 4.69) is 22.3 Å². The second kappa shape index (κ2) is 14.4. The Morgan fingerprint density at radius 3 is 1.95 bits per heavy atom. The van der Waals surface area contributed by atoms with Crippen LogP contribution in [-0.4, -0.2) is 53.1 Å². The van der Waals surface area contributed by atoms with Gasteiger partial charge in [-0.15, -0.1) is 0 Å². The molecule has 0 radical (unpaired) electrons. The van der Waals surface area contributed by atoms with Gasteiger partial charge in [0.2, 0.25) is 0 Å². The molecule has 5 nitrogen and oxygen atoms in total. The lowest BCUT2D eigenvalue weighted by Crippen LogP contribution is -2.42. The van der Waals surface area contributed by atoms with Crippen molar-refractivity contribution in [3.8, 4) is 0 Å². The van der Waals surface area contributed by atoms with Crippen LogP contribution in [0.2, 0.25) is 0 Å². The standard InChI is InChI=1S/C32H35F6N3O2/c33-31(34,35)27-17-25(18-28(19-27)32(36,37)38)22-41(21-24-7-9-26(10-8-24)30(42)43)14-4-13-39-29-11-15-40(16-12-29)20-23-5-2-1-3-6-23/h1-3,5-10,17-19,29,39H,4,11-16,20-22H2,(H,42,43). The summed E-state index contributed by atoms with van der Waals surface area (Å²) in [5.41, 5.74) is -0.724. The number of benzene rings is 3. The third kappa shape index (κ3) is 10.1. The number of carboxylic acid groups (broad SMARTS) is 1. The lowest BCUT2D eigenvalue weighted by Gasteiger charge is -2.32. The van der Waals surface area contributed by atoms with Crippen LogP contribution in [0.4, 0.5) is 26.3 Å². The number of aromatic carboxylic acids is 1. The van der Waals surface area contributed by atoms with Gasteiger partial charge in [-0.2, -0.15) is 26.3 Å². The van der Waals surface area contributed by atoms with Gasteiger partial charge in [0, 0.05) is 32.2 Å². The number of nitrogens with one attached hydrogen (secondary N) is 1. The van der Waals surface area contributed by atoms with Gasteiger partial charge in [0.1, 0.15) is 0 Å². The van der Waals surface area contributed by atoms with E-state index < -0.39 is 29.4 Å². The highest BCUT2D eigenvalue weighted by Gasteiger charge is 2.37. The van der Waals surface area contributed by atoms with E-state index >= 15 is 0 Å². The molecule has 2 N–H and O–H groups in total. The Labute approximate surface area is 247 Å². The van der Waals surface area contributed by atoms with Crippen molar-refractivity contribution in [1.82, 2.24) is 15.1 Å². The summed E-state index contributed by atoms with van der Waals surface area (Å²) in [5, 5.41) is 12.7. The number of halogens is 6. The molecular formula is C32H35F6N3O2.